The third-order valence-corrected chi connectivity index (χ3v) is 2.80. The maximum atomic E-state index is 6.04. The minimum absolute atomic E-state index is 0.0977. The summed E-state index contributed by atoms with van der Waals surface area (Å²) < 4.78 is 10.9. The van der Waals surface area contributed by atoms with E-state index in [1.807, 2.05) is 13.8 Å². The van der Waals surface area contributed by atoms with Gasteiger partial charge in [0.15, 0.2) is 6.29 Å². The summed E-state index contributed by atoms with van der Waals surface area (Å²) in [5.41, 5.74) is 7.28. The summed E-state index contributed by atoms with van der Waals surface area (Å²) in [7, 11) is 0. The minimum atomic E-state index is -0.292. The molecule has 0 spiro atoms. The smallest absolute Gasteiger partial charge is 0.172 e. The molecule has 2 N–H and O–H groups in total. The van der Waals surface area contributed by atoms with Crippen LogP contribution in [0.15, 0.2) is 16.8 Å². The Hall–Kier alpha value is -0.420. The van der Waals surface area contributed by atoms with Crippen molar-refractivity contribution in [3.05, 3.63) is 22.4 Å². The Bertz CT molecular complexity index is 245. The molecule has 0 aliphatic carbocycles. The Morgan fingerprint density at radius 2 is 2.00 bits per heavy atom. The molecule has 0 aromatic carbocycles. The van der Waals surface area contributed by atoms with E-state index in [0.717, 1.165) is 6.42 Å². The molecule has 1 unspecified atom stereocenters. The number of hydrogen-bond donors (Lipinski definition) is 1. The molecule has 0 fully saturated rings. The average molecular weight is 229 g/mol. The van der Waals surface area contributed by atoms with Crippen molar-refractivity contribution in [1.29, 1.82) is 0 Å². The van der Waals surface area contributed by atoms with Crippen LogP contribution in [-0.4, -0.2) is 25.5 Å². The van der Waals surface area contributed by atoms with Crippen LogP contribution in [0.1, 0.15) is 19.4 Å². The Morgan fingerprint density at radius 3 is 2.47 bits per heavy atom. The largest absolute Gasteiger partial charge is 0.351 e. The Balaban J connectivity index is 2.44. The van der Waals surface area contributed by atoms with E-state index in [1.165, 1.54) is 5.56 Å². The van der Waals surface area contributed by atoms with Crippen LogP contribution in [0.3, 0.4) is 0 Å². The molecule has 0 radical (unpaired) electrons. The molecule has 0 saturated carbocycles. The highest BCUT2D eigenvalue weighted by Gasteiger charge is 2.18. The van der Waals surface area contributed by atoms with E-state index >= 15 is 0 Å². The van der Waals surface area contributed by atoms with Gasteiger partial charge in [0.1, 0.15) is 0 Å². The predicted octanol–water partition coefficient (Wildman–Crippen LogP) is 2.02. The molecule has 4 heteroatoms. The third-order valence-electron chi connectivity index (χ3n) is 2.06. The lowest BCUT2D eigenvalue weighted by Gasteiger charge is -2.23. The van der Waals surface area contributed by atoms with E-state index in [0.29, 0.717) is 13.2 Å². The van der Waals surface area contributed by atoms with Gasteiger partial charge in [-0.1, -0.05) is 0 Å². The lowest BCUT2D eigenvalue weighted by atomic mass is 10.1. The number of rotatable bonds is 7. The molecule has 0 aliphatic heterocycles. The van der Waals surface area contributed by atoms with E-state index < -0.39 is 0 Å². The van der Waals surface area contributed by atoms with E-state index in [2.05, 4.69) is 16.8 Å². The first-order chi connectivity index (χ1) is 7.27. The molecule has 1 rings (SSSR count). The third kappa shape index (κ3) is 4.30. The molecule has 0 amide bonds. The molecule has 1 atom stereocenters. The van der Waals surface area contributed by atoms with Gasteiger partial charge in [-0.25, -0.2) is 0 Å². The summed E-state index contributed by atoms with van der Waals surface area (Å²) in [6.07, 6.45) is 0.508. The van der Waals surface area contributed by atoms with Crippen LogP contribution in [0.2, 0.25) is 0 Å². The highest BCUT2D eigenvalue weighted by molar-refractivity contribution is 7.07. The second-order valence-electron chi connectivity index (χ2n) is 3.28. The number of thiophene rings is 1. The normalized spacial score (nSPS) is 13.3. The molecule has 15 heavy (non-hydrogen) atoms. The van der Waals surface area contributed by atoms with Crippen molar-refractivity contribution in [3.8, 4) is 0 Å². The fourth-order valence-corrected chi connectivity index (χ4v) is 2.08. The van der Waals surface area contributed by atoms with Crippen molar-refractivity contribution in [2.24, 2.45) is 5.73 Å². The Kier molecular flexibility index (Phi) is 5.86. The molecule has 0 aliphatic rings. The second kappa shape index (κ2) is 6.95. The first-order valence-electron chi connectivity index (χ1n) is 5.27. The summed E-state index contributed by atoms with van der Waals surface area (Å²) in [4.78, 5) is 0. The number of nitrogens with two attached hydrogens (primary N) is 1. The lowest BCUT2D eigenvalue weighted by Crippen LogP contribution is -2.40. The van der Waals surface area contributed by atoms with E-state index in [4.69, 9.17) is 15.2 Å². The van der Waals surface area contributed by atoms with E-state index in [-0.39, 0.29) is 12.3 Å². The van der Waals surface area contributed by atoms with Gasteiger partial charge in [0, 0.05) is 13.2 Å². The lowest BCUT2D eigenvalue weighted by molar-refractivity contribution is -0.148. The van der Waals surface area contributed by atoms with Crippen LogP contribution < -0.4 is 5.73 Å². The van der Waals surface area contributed by atoms with Crippen LogP contribution in [0.25, 0.3) is 0 Å². The van der Waals surface area contributed by atoms with Crippen LogP contribution >= 0.6 is 11.3 Å². The summed E-state index contributed by atoms with van der Waals surface area (Å²) in [6, 6.07) is 1.99. The molecular weight excluding hydrogens is 210 g/mol. The summed E-state index contributed by atoms with van der Waals surface area (Å²) in [5.74, 6) is 0. The minimum Gasteiger partial charge on any atom is -0.351 e. The summed E-state index contributed by atoms with van der Waals surface area (Å²) in [5, 5.41) is 4.16. The highest BCUT2D eigenvalue weighted by Crippen LogP contribution is 2.11. The van der Waals surface area contributed by atoms with Crippen LogP contribution in [0.4, 0.5) is 0 Å². The fourth-order valence-electron chi connectivity index (χ4n) is 1.40. The molecular formula is C11H19NO2S. The molecule has 1 aromatic rings. The van der Waals surface area contributed by atoms with Crippen molar-refractivity contribution >= 4 is 11.3 Å². The molecule has 0 bridgehead atoms. The van der Waals surface area contributed by atoms with Crippen molar-refractivity contribution in [3.63, 3.8) is 0 Å². The molecule has 1 aromatic heterocycles. The number of ether oxygens (including phenoxy) is 2. The van der Waals surface area contributed by atoms with Crippen LogP contribution in [0, 0.1) is 0 Å². The fraction of sp³-hybridized carbons (Fsp3) is 0.636. The van der Waals surface area contributed by atoms with Crippen LogP contribution in [-0.2, 0) is 15.9 Å². The van der Waals surface area contributed by atoms with Gasteiger partial charge in [-0.3, -0.25) is 0 Å². The summed E-state index contributed by atoms with van der Waals surface area (Å²) in [6.45, 7) is 5.15. The molecule has 0 saturated heterocycles. The zero-order valence-electron chi connectivity index (χ0n) is 9.31. The van der Waals surface area contributed by atoms with Crippen LogP contribution in [0.5, 0.6) is 0 Å². The highest BCUT2D eigenvalue weighted by atomic mass is 32.1. The first kappa shape index (κ1) is 12.6. The van der Waals surface area contributed by atoms with Gasteiger partial charge in [-0.15, -0.1) is 0 Å². The predicted molar refractivity (Wildman–Crippen MR) is 63.0 cm³/mol. The van der Waals surface area contributed by atoms with Gasteiger partial charge < -0.3 is 15.2 Å². The zero-order chi connectivity index (χ0) is 11.1. The molecule has 86 valence electrons. The van der Waals surface area contributed by atoms with Gasteiger partial charge in [-0.05, 0) is 42.7 Å². The topological polar surface area (TPSA) is 44.5 Å². The Morgan fingerprint density at radius 1 is 1.33 bits per heavy atom. The maximum Gasteiger partial charge on any atom is 0.172 e. The maximum absolute atomic E-state index is 6.04. The summed E-state index contributed by atoms with van der Waals surface area (Å²) >= 11 is 1.68. The van der Waals surface area contributed by atoms with Crippen molar-refractivity contribution in [1.82, 2.24) is 0 Å². The zero-order valence-corrected chi connectivity index (χ0v) is 10.1. The first-order valence-corrected chi connectivity index (χ1v) is 6.22. The van der Waals surface area contributed by atoms with Gasteiger partial charge in [-0.2, -0.15) is 11.3 Å². The Labute approximate surface area is 95.2 Å². The van der Waals surface area contributed by atoms with Gasteiger partial charge in [0.25, 0.3) is 0 Å². The number of hydrogen-bond acceptors (Lipinski definition) is 4. The van der Waals surface area contributed by atoms with Gasteiger partial charge >= 0.3 is 0 Å². The average Bonchev–Trinajstić information content (AvgIpc) is 2.70. The molecule has 1 heterocycles. The van der Waals surface area contributed by atoms with E-state index in [1.54, 1.807) is 11.3 Å². The monoisotopic (exact) mass is 229 g/mol. The van der Waals surface area contributed by atoms with E-state index in [9.17, 15) is 0 Å². The second-order valence-corrected chi connectivity index (χ2v) is 4.06. The standard InChI is InChI=1S/C11H19NO2S/c1-3-13-11(14-4-2)10(12)7-9-5-6-15-8-9/h5-6,8,10-11H,3-4,7,12H2,1-2H3. The van der Waals surface area contributed by atoms with Gasteiger partial charge in [0.2, 0.25) is 0 Å². The van der Waals surface area contributed by atoms with Crippen molar-refractivity contribution < 1.29 is 9.47 Å². The molecule has 3 nitrogen and oxygen atoms in total. The van der Waals surface area contributed by atoms with Crippen molar-refractivity contribution in [2.75, 3.05) is 13.2 Å². The van der Waals surface area contributed by atoms with Gasteiger partial charge in [0.05, 0.1) is 6.04 Å². The van der Waals surface area contributed by atoms with Crippen molar-refractivity contribution in [2.45, 2.75) is 32.6 Å². The quantitative estimate of drug-likeness (QED) is 0.727. The SMILES string of the molecule is CCOC(OCC)C(N)Cc1ccsc1.